The molecule has 1 amide bonds. The second-order valence-electron chi connectivity index (χ2n) is 9.65. The number of nitriles is 1. The molecular weight excluding hydrogens is 492 g/mol. The second kappa shape index (κ2) is 10.3. The number of nitrogens with two attached hydrogens (primary N) is 1. The van der Waals surface area contributed by atoms with E-state index < -0.39 is 11.9 Å². The van der Waals surface area contributed by atoms with E-state index in [1.165, 1.54) is 0 Å². The van der Waals surface area contributed by atoms with Crippen molar-refractivity contribution in [3.05, 3.63) is 56.7 Å². The lowest BCUT2D eigenvalue weighted by Gasteiger charge is -2.33. The van der Waals surface area contributed by atoms with Crippen LogP contribution < -0.4 is 16.2 Å². The van der Waals surface area contributed by atoms with Gasteiger partial charge in [-0.3, -0.25) is 19.0 Å². The number of carboxylic acids is 1. The zero-order chi connectivity index (χ0) is 26.1. The van der Waals surface area contributed by atoms with Crippen molar-refractivity contribution in [1.29, 1.82) is 5.26 Å². The van der Waals surface area contributed by atoms with E-state index in [0.717, 1.165) is 24.2 Å². The average Bonchev–Trinajstić information content (AvgIpc) is 3.34. The lowest BCUT2D eigenvalue weighted by molar-refractivity contribution is -0.143. The molecule has 4 heterocycles. The Bertz CT molecular complexity index is 1450. The van der Waals surface area contributed by atoms with Gasteiger partial charge in [0.2, 0.25) is 5.95 Å². The van der Waals surface area contributed by atoms with E-state index in [0.29, 0.717) is 71.2 Å². The molecule has 0 unspecified atom stereocenters. The van der Waals surface area contributed by atoms with Crippen LogP contribution in [0.25, 0.3) is 10.2 Å². The molecular formula is C26H28N6O4S. The van der Waals surface area contributed by atoms with Gasteiger partial charge in [-0.15, -0.1) is 11.3 Å². The van der Waals surface area contributed by atoms with Gasteiger partial charge < -0.3 is 20.6 Å². The molecule has 2 aromatic heterocycles. The highest BCUT2D eigenvalue weighted by Crippen LogP contribution is 2.28. The minimum atomic E-state index is -0.832. The van der Waals surface area contributed by atoms with Crippen LogP contribution in [0.4, 0.5) is 5.95 Å². The fraction of sp³-hybridized carbons (Fsp3) is 0.423. The number of benzene rings is 1. The van der Waals surface area contributed by atoms with Gasteiger partial charge in [-0.1, -0.05) is 18.2 Å². The highest BCUT2D eigenvalue weighted by atomic mass is 32.1. The lowest BCUT2D eigenvalue weighted by atomic mass is 9.97. The van der Waals surface area contributed by atoms with Gasteiger partial charge in [-0.25, -0.2) is 4.98 Å². The van der Waals surface area contributed by atoms with E-state index in [-0.39, 0.29) is 24.1 Å². The van der Waals surface area contributed by atoms with Crippen LogP contribution in [0, 0.1) is 17.2 Å². The van der Waals surface area contributed by atoms with Gasteiger partial charge in [0, 0.05) is 32.2 Å². The largest absolute Gasteiger partial charge is 0.481 e. The van der Waals surface area contributed by atoms with Crippen molar-refractivity contribution in [3.8, 4) is 6.07 Å². The number of carboxylic acid groups (broad SMARTS) is 1. The standard InChI is InChI=1S/C26H28N6O4S/c27-13-17-4-1-2-5-18(17)14-32-24(34)22-20(29-26(32)31-9-3-6-19(28)15-31)12-21(37-22)23(33)30-10-7-16(8-11-30)25(35)36/h1-2,4-5,12,16,19H,3,6-11,14-15,28H2,(H,35,36)/t19-/m1/s1. The van der Waals surface area contributed by atoms with Gasteiger partial charge in [0.15, 0.2) is 0 Å². The Labute approximate surface area is 217 Å². The highest BCUT2D eigenvalue weighted by Gasteiger charge is 2.29. The van der Waals surface area contributed by atoms with Crippen LogP contribution in [0.5, 0.6) is 0 Å². The van der Waals surface area contributed by atoms with Gasteiger partial charge in [0.1, 0.15) is 4.70 Å². The number of rotatable bonds is 5. The average molecular weight is 521 g/mol. The summed E-state index contributed by atoms with van der Waals surface area (Å²) >= 11 is 1.11. The van der Waals surface area contributed by atoms with Crippen LogP contribution in [0.2, 0.25) is 0 Å². The molecule has 0 bridgehead atoms. The van der Waals surface area contributed by atoms with Crippen LogP contribution in [-0.2, 0) is 11.3 Å². The minimum absolute atomic E-state index is 0.0328. The number of anilines is 1. The molecule has 11 heteroatoms. The van der Waals surface area contributed by atoms with E-state index in [1.807, 2.05) is 17.0 Å². The van der Waals surface area contributed by atoms with E-state index in [4.69, 9.17) is 10.7 Å². The summed E-state index contributed by atoms with van der Waals surface area (Å²) in [4.78, 5) is 47.2. The fourth-order valence-corrected chi connectivity index (χ4v) is 6.12. The molecule has 2 aliphatic heterocycles. The Kier molecular flexibility index (Phi) is 6.95. The summed E-state index contributed by atoms with van der Waals surface area (Å²) in [5.41, 5.74) is 7.63. The molecule has 10 nitrogen and oxygen atoms in total. The number of hydrogen-bond donors (Lipinski definition) is 2. The van der Waals surface area contributed by atoms with Crippen molar-refractivity contribution in [2.75, 3.05) is 31.1 Å². The minimum Gasteiger partial charge on any atom is -0.481 e. The topological polar surface area (TPSA) is 146 Å². The number of aliphatic carboxylic acids is 1. The number of carbonyl (C=O) groups is 2. The predicted molar refractivity (Wildman–Crippen MR) is 140 cm³/mol. The summed E-state index contributed by atoms with van der Waals surface area (Å²) < 4.78 is 1.96. The summed E-state index contributed by atoms with van der Waals surface area (Å²) in [5.74, 6) is -0.995. The summed E-state index contributed by atoms with van der Waals surface area (Å²) in [5, 5.41) is 18.8. The number of carbonyl (C=O) groups excluding carboxylic acids is 1. The Morgan fingerprint density at radius 1 is 1.19 bits per heavy atom. The molecule has 3 aromatic rings. The molecule has 2 saturated heterocycles. The van der Waals surface area contributed by atoms with Gasteiger partial charge in [0.05, 0.1) is 34.5 Å². The molecule has 5 rings (SSSR count). The quantitative estimate of drug-likeness (QED) is 0.521. The van der Waals surface area contributed by atoms with Gasteiger partial charge in [-0.05, 0) is 43.4 Å². The van der Waals surface area contributed by atoms with Crippen molar-refractivity contribution in [3.63, 3.8) is 0 Å². The molecule has 2 fully saturated rings. The number of fused-ring (bicyclic) bond motifs is 1. The van der Waals surface area contributed by atoms with E-state index in [2.05, 4.69) is 6.07 Å². The first-order chi connectivity index (χ1) is 17.9. The number of aromatic nitrogens is 2. The molecule has 1 atom stereocenters. The summed E-state index contributed by atoms with van der Waals surface area (Å²) in [6.07, 6.45) is 2.60. The van der Waals surface area contributed by atoms with E-state index in [9.17, 15) is 24.8 Å². The maximum absolute atomic E-state index is 13.8. The zero-order valence-corrected chi connectivity index (χ0v) is 21.1. The Morgan fingerprint density at radius 3 is 2.65 bits per heavy atom. The van der Waals surface area contributed by atoms with Crippen molar-refractivity contribution in [2.24, 2.45) is 11.7 Å². The number of piperidine rings is 2. The molecule has 192 valence electrons. The second-order valence-corrected chi connectivity index (χ2v) is 10.7. The first kappa shape index (κ1) is 24.9. The summed E-state index contributed by atoms with van der Waals surface area (Å²) in [6.45, 7) is 2.18. The third-order valence-corrected chi connectivity index (χ3v) is 8.26. The van der Waals surface area contributed by atoms with E-state index in [1.54, 1.807) is 27.7 Å². The normalized spacial score (nSPS) is 18.6. The number of nitrogens with zero attached hydrogens (tertiary/aromatic N) is 5. The van der Waals surface area contributed by atoms with Crippen LogP contribution in [-0.4, -0.2) is 63.7 Å². The van der Waals surface area contributed by atoms with E-state index >= 15 is 0 Å². The maximum atomic E-state index is 13.8. The molecule has 2 aliphatic rings. The molecule has 0 aliphatic carbocycles. The SMILES string of the molecule is N#Cc1ccccc1Cn1c(N2CCC[C@@H](N)C2)nc2cc(C(=O)N3CCC(C(=O)O)CC3)sc2c1=O. The Hall–Kier alpha value is -3.75. The van der Waals surface area contributed by atoms with Crippen molar-refractivity contribution in [1.82, 2.24) is 14.5 Å². The molecule has 37 heavy (non-hydrogen) atoms. The summed E-state index contributed by atoms with van der Waals surface area (Å²) in [6, 6.07) is 11.0. The molecule has 0 spiro atoms. The van der Waals surface area contributed by atoms with Crippen LogP contribution in [0.1, 0.15) is 46.5 Å². The number of amides is 1. The monoisotopic (exact) mass is 520 g/mol. The van der Waals surface area contributed by atoms with Crippen molar-refractivity contribution >= 4 is 39.4 Å². The maximum Gasteiger partial charge on any atom is 0.306 e. The van der Waals surface area contributed by atoms with Crippen molar-refractivity contribution < 1.29 is 14.7 Å². The van der Waals surface area contributed by atoms with Crippen LogP contribution in [0.15, 0.2) is 35.1 Å². The Morgan fingerprint density at radius 2 is 1.95 bits per heavy atom. The Balaban J connectivity index is 1.54. The first-order valence-electron chi connectivity index (χ1n) is 12.4. The predicted octanol–water partition coefficient (Wildman–Crippen LogP) is 2.24. The summed E-state index contributed by atoms with van der Waals surface area (Å²) in [7, 11) is 0. The molecule has 3 N–H and O–H groups in total. The van der Waals surface area contributed by atoms with Gasteiger partial charge in [-0.2, -0.15) is 5.26 Å². The van der Waals surface area contributed by atoms with Gasteiger partial charge in [0.25, 0.3) is 11.5 Å². The molecule has 0 radical (unpaired) electrons. The number of thiophene rings is 1. The third kappa shape index (κ3) is 4.95. The third-order valence-electron chi connectivity index (χ3n) is 7.16. The van der Waals surface area contributed by atoms with Gasteiger partial charge >= 0.3 is 5.97 Å². The number of hydrogen-bond acceptors (Lipinski definition) is 8. The zero-order valence-electron chi connectivity index (χ0n) is 20.3. The smallest absolute Gasteiger partial charge is 0.306 e. The first-order valence-corrected chi connectivity index (χ1v) is 13.2. The molecule has 0 saturated carbocycles. The van der Waals surface area contributed by atoms with Crippen LogP contribution in [0.3, 0.4) is 0 Å². The van der Waals surface area contributed by atoms with Crippen LogP contribution >= 0.6 is 11.3 Å². The fourth-order valence-electron chi connectivity index (χ4n) is 5.10. The molecule has 1 aromatic carbocycles. The number of likely N-dealkylation sites (tertiary alicyclic amines) is 1. The van der Waals surface area contributed by atoms with Crippen molar-refractivity contribution in [2.45, 2.75) is 38.3 Å². The lowest BCUT2D eigenvalue weighted by Crippen LogP contribution is -2.45. The highest BCUT2D eigenvalue weighted by molar-refractivity contribution is 7.20.